The zero-order chi connectivity index (χ0) is 12.8. The number of carbonyl (C=O) groups is 1. The van der Waals surface area contributed by atoms with Crippen LogP contribution in [0.25, 0.3) is 0 Å². The number of carbonyl (C=O) groups excluding carboxylic acids is 1. The number of hydrogen-bond donors (Lipinski definition) is 2. The van der Waals surface area contributed by atoms with Crippen LogP contribution in [-0.4, -0.2) is 47.7 Å². The van der Waals surface area contributed by atoms with Gasteiger partial charge in [0.25, 0.3) is 0 Å². The predicted octanol–water partition coefficient (Wildman–Crippen LogP) is 0.994. The summed E-state index contributed by atoms with van der Waals surface area (Å²) < 4.78 is 0. The summed E-state index contributed by atoms with van der Waals surface area (Å²) in [5.41, 5.74) is 0. The van der Waals surface area contributed by atoms with Crippen LogP contribution in [0, 0.1) is 5.92 Å². The Balaban J connectivity index is 2.26. The third kappa shape index (κ3) is 5.04. The molecule has 2 unspecified atom stereocenters. The Hall–Kier alpha value is -0.610. The van der Waals surface area contributed by atoms with Gasteiger partial charge in [-0.1, -0.05) is 6.92 Å². The minimum absolute atomic E-state index is 0.124. The van der Waals surface area contributed by atoms with Crippen molar-refractivity contribution in [3.05, 3.63) is 0 Å². The van der Waals surface area contributed by atoms with Crippen molar-refractivity contribution in [2.24, 2.45) is 5.92 Å². The highest BCUT2D eigenvalue weighted by atomic mass is 16.3. The molecule has 1 aliphatic heterocycles. The van der Waals surface area contributed by atoms with Crippen LogP contribution in [0.4, 0.5) is 0 Å². The van der Waals surface area contributed by atoms with Crippen molar-refractivity contribution in [1.29, 1.82) is 0 Å². The Labute approximate surface area is 104 Å². The Morgan fingerprint density at radius 3 is 2.82 bits per heavy atom. The fourth-order valence-corrected chi connectivity index (χ4v) is 2.35. The third-order valence-electron chi connectivity index (χ3n) is 3.41. The smallest absolute Gasteiger partial charge is 0.221 e. The molecule has 0 saturated carbocycles. The summed E-state index contributed by atoms with van der Waals surface area (Å²) in [4.78, 5) is 13.8. The summed E-state index contributed by atoms with van der Waals surface area (Å²) in [6.45, 7) is 8.70. The number of rotatable bonds is 5. The zero-order valence-corrected chi connectivity index (χ0v) is 11.3. The largest absolute Gasteiger partial charge is 0.393 e. The quantitative estimate of drug-likeness (QED) is 0.756. The number of hydrogen-bond acceptors (Lipinski definition) is 3. The minimum Gasteiger partial charge on any atom is -0.393 e. The summed E-state index contributed by atoms with van der Waals surface area (Å²) >= 11 is 0. The number of amides is 1. The van der Waals surface area contributed by atoms with Gasteiger partial charge in [-0.2, -0.15) is 0 Å². The molecular weight excluding hydrogens is 216 g/mol. The van der Waals surface area contributed by atoms with Gasteiger partial charge in [-0.25, -0.2) is 0 Å². The molecule has 4 nitrogen and oxygen atoms in total. The fraction of sp³-hybridized carbons (Fsp3) is 0.923. The monoisotopic (exact) mass is 242 g/mol. The van der Waals surface area contributed by atoms with Gasteiger partial charge < -0.3 is 15.3 Å². The van der Waals surface area contributed by atoms with E-state index in [9.17, 15) is 9.90 Å². The molecule has 1 saturated heterocycles. The van der Waals surface area contributed by atoms with Gasteiger partial charge in [0, 0.05) is 32.1 Å². The second-order valence-electron chi connectivity index (χ2n) is 5.30. The molecule has 0 radical (unpaired) electrons. The Morgan fingerprint density at radius 1 is 1.53 bits per heavy atom. The van der Waals surface area contributed by atoms with Gasteiger partial charge in [0.05, 0.1) is 6.10 Å². The highest BCUT2D eigenvalue weighted by Crippen LogP contribution is 2.19. The topological polar surface area (TPSA) is 52.6 Å². The number of aliphatic hydroxyl groups excluding tert-OH is 1. The maximum Gasteiger partial charge on any atom is 0.221 e. The van der Waals surface area contributed by atoms with Crippen LogP contribution < -0.4 is 5.32 Å². The van der Waals surface area contributed by atoms with Crippen molar-refractivity contribution < 1.29 is 9.90 Å². The molecule has 0 aliphatic carbocycles. The molecule has 17 heavy (non-hydrogen) atoms. The average molecular weight is 242 g/mol. The van der Waals surface area contributed by atoms with E-state index in [1.54, 1.807) is 0 Å². The predicted molar refractivity (Wildman–Crippen MR) is 68.7 cm³/mol. The van der Waals surface area contributed by atoms with Gasteiger partial charge in [-0.15, -0.1) is 0 Å². The highest BCUT2D eigenvalue weighted by molar-refractivity contribution is 5.76. The molecule has 1 fully saturated rings. The van der Waals surface area contributed by atoms with Gasteiger partial charge in [-0.3, -0.25) is 4.79 Å². The van der Waals surface area contributed by atoms with Crippen LogP contribution in [0.15, 0.2) is 0 Å². The summed E-state index contributed by atoms with van der Waals surface area (Å²) in [5.74, 6) is 0.496. The molecule has 0 bridgehead atoms. The van der Waals surface area contributed by atoms with Gasteiger partial charge in [0.1, 0.15) is 0 Å². The van der Waals surface area contributed by atoms with Crippen molar-refractivity contribution in [2.45, 2.75) is 52.2 Å². The van der Waals surface area contributed by atoms with E-state index in [4.69, 9.17) is 0 Å². The summed E-state index contributed by atoms with van der Waals surface area (Å²) in [6, 6.07) is 0.217. The van der Waals surface area contributed by atoms with Crippen LogP contribution in [0.5, 0.6) is 0 Å². The Morgan fingerprint density at radius 2 is 2.24 bits per heavy atom. The highest BCUT2D eigenvalue weighted by Gasteiger charge is 2.26. The molecular formula is C13H26N2O2. The molecule has 100 valence electrons. The number of piperidine rings is 1. The van der Waals surface area contributed by atoms with Crippen LogP contribution in [0.3, 0.4) is 0 Å². The number of aliphatic hydroxyl groups is 1. The molecule has 4 heteroatoms. The van der Waals surface area contributed by atoms with E-state index in [1.165, 1.54) is 0 Å². The number of nitrogens with zero attached hydrogens (tertiary/aromatic N) is 1. The van der Waals surface area contributed by atoms with E-state index >= 15 is 0 Å². The summed E-state index contributed by atoms with van der Waals surface area (Å²) in [7, 11) is 0. The molecule has 0 aromatic carbocycles. The molecule has 1 heterocycles. The fourth-order valence-electron chi connectivity index (χ4n) is 2.35. The molecule has 1 rings (SSSR count). The zero-order valence-electron chi connectivity index (χ0n) is 11.3. The van der Waals surface area contributed by atoms with E-state index in [1.807, 2.05) is 13.8 Å². The van der Waals surface area contributed by atoms with E-state index in [-0.39, 0.29) is 18.1 Å². The van der Waals surface area contributed by atoms with Gasteiger partial charge in [0.2, 0.25) is 5.91 Å². The van der Waals surface area contributed by atoms with Crippen LogP contribution in [0.2, 0.25) is 0 Å². The molecule has 0 aromatic rings. The minimum atomic E-state index is -0.152. The van der Waals surface area contributed by atoms with E-state index in [2.05, 4.69) is 17.1 Å². The van der Waals surface area contributed by atoms with Crippen molar-refractivity contribution in [1.82, 2.24) is 10.2 Å². The number of likely N-dealkylation sites (tertiary alicyclic amines) is 1. The van der Waals surface area contributed by atoms with E-state index in [0.29, 0.717) is 12.3 Å². The first kappa shape index (κ1) is 14.5. The molecule has 1 aliphatic rings. The second-order valence-corrected chi connectivity index (χ2v) is 5.30. The van der Waals surface area contributed by atoms with Crippen molar-refractivity contribution >= 4 is 5.91 Å². The third-order valence-corrected chi connectivity index (χ3v) is 3.41. The molecule has 0 aromatic heterocycles. The van der Waals surface area contributed by atoms with Crippen molar-refractivity contribution in [3.8, 4) is 0 Å². The summed E-state index contributed by atoms with van der Waals surface area (Å²) in [6.07, 6.45) is 2.26. The Kier molecular flexibility index (Phi) is 5.92. The van der Waals surface area contributed by atoms with E-state index < -0.39 is 0 Å². The Bertz CT molecular complexity index is 244. The number of nitrogens with one attached hydrogen (secondary N) is 1. The first-order valence-corrected chi connectivity index (χ1v) is 6.72. The van der Waals surface area contributed by atoms with Gasteiger partial charge in [-0.05, 0) is 32.6 Å². The van der Waals surface area contributed by atoms with Crippen LogP contribution in [-0.2, 0) is 4.79 Å². The van der Waals surface area contributed by atoms with Crippen LogP contribution in [0.1, 0.15) is 40.0 Å². The maximum absolute atomic E-state index is 11.5. The van der Waals surface area contributed by atoms with Crippen LogP contribution >= 0.6 is 0 Å². The first-order chi connectivity index (χ1) is 8.02. The molecule has 2 N–H and O–H groups in total. The normalized spacial score (nSPS) is 26.2. The lowest BCUT2D eigenvalue weighted by atomic mass is 9.92. The lowest BCUT2D eigenvalue weighted by Gasteiger charge is -2.35. The van der Waals surface area contributed by atoms with Crippen molar-refractivity contribution in [3.63, 3.8) is 0 Å². The lowest BCUT2D eigenvalue weighted by Crippen LogP contribution is -2.44. The maximum atomic E-state index is 11.5. The molecule has 0 spiro atoms. The SMILES string of the molecule is CCC1CN(CCC(=O)NC(C)C)CCC1O. The van der Waals surface area contributed by atoms with Crippen molar-refractivity contribution in [2.75, 3.05) is 19.6 Å². The second kappa shape index (κ2) is 6.97. The standard InChI is InChI=1S/C13H26N2O2/c1-4-11-9-15(7-5-12(11)16)8-6-13(17)14-10(2)3/h10-12,16H,4-9H2,1-3H3,(H,14,17). The molecule has 1 amide bonds. The van der Waals surface area contributed by atoms with E-state index in [0.717, 1.165) is 32.5 Å². The average Bonchev–Trinajstić information content (AvgIpc) is 2.27. The lowest BCUT2D eigenvalue weighted by molar-refractivity contribution is -0.122. The van der Waals surface area contributed by atoms with Gasteiger partial charge >= 0.3 is 0 Å². The van der Waals surface area contributed by atoms with Gasteiger partial charge in [0.15, 0.2) is 0 Å². The first-order valence-electron chi connectivity index (χ1n) is 6.72. The summed E-state index contributed by atoms with van der Waals surface area (Å²) in [5, 5.41) is 12.7. The molecule has 2 atom stereocenters.